The lowest BCUT2D eigenvalue weighted by Crippen LogP contribution is -2.43. The topological polar surface area (TPSA) is 57.6 Å². The Morgan fingerprint density at radius 1 is 1.18 bits per heavy atom. The third kappa shape index (κ3) is 2.61. The van der Waals surface area contributed by atoms with E-state index in [4.69, 9.17) is 0 Å². The molecule has 4 heteroatoms. The van der Waals surface area contributed by atoms with Gasteiger partial charge in [0.2, 0.25) is 5.91 Å². The third-order valence-electron chi connectivity index (χ3n) is 4.18. The summed E-state index contributed by atoms with van der Waals surface area (Å²) >= 11 is 0. The molecule has 0 aromatic heterocycles. The van der Waals surface area contributed by atoms with Crippen molar-refractivity contribution in [1.29, 1.82) is 0 Å². The summed E-state index contributed by atoms with van der Waals surface area (Å²) in [6.07, 6.45) is 7.15. The number of carboxylic acid groups (broad SMARTS) is 1. The predicted octanol–water partition coefficient (Wildman–Crippen LogP) is 2.03. The minimum atomic E-state index is -0.709. The summed E-state index contributed by atoms with van der Waals surface area (Å²) in [5.41, 5.74) is -0.670. The van der Waals surface area contributed by atoms with Crippen molar-refractivity contribution in [1.82, 2.24) is 4.90 Å². The lowest BCUT2D eigenvalue weighted by atomic mass is 9.80. The molecule has 1 amide bonds. The number of hydrogen-bond acceptors (Lipinski definition) is 2. The SMILES string of the molecule is O=C1CCCN1CC1(C(=O)O)CCCCCC1. The zero-order chi connectivity index (χ0) is 12.3. The van der Waals surface area contributed by atoms with E-state index in [0.29, 0.717) is 13.0 Å². The van der Waals surface area contributed by atoms with Gasteiger partial charge in [0.25, 0.3) is 0 Å². The van der Waals surface area contributed by atoms with Crippen LogP contribution >= 0.6 is 0 Å². The van der Waals surface area contributed by atoms with Gasteiger partial charge in [0.1, 0.15) is 0 Å². The second-order valence-corrected chi connectivity index (χ2v) is 5.42. The van der Waals surface area contributed by atoms with Gasteiger partial charge in [0.05, 0.1) is 5.41 Å². The number of likely N-dealkylation sites (tertiary alicyclic amines) is 1. The number of carbonyl (C=O) groups is 2. The lowest BCUT2D eigenvalue weighted by Gasteiger charge is -2.32. The first-order valence-electron chi connectivity index (χ1n) is 6.65. The fraction of sp³-hybridized carbons (Fsp3) is 0.846. The van der Waals surface area contributed by atoms with Gasteiger partial charge in [-0.05, 0) is 19.3 Å². The average Bonchev–Trinajstić information content (AvgIpc) is 2.54. The van der Waals surface area contributed by atoms with Crippen LogP contribution in [0.25, 0.3) is 0 Å². The molecular formula is C13H21NO3. The molecule has 1 heterocycles. The molecule has 0 atom stereocenters. The molecule has 1 saturated heterocycles. The van der Waals surface area contributed by atoms with Crippen LogP contribution in [-0.2, 0) is 9.59 Å². The van der Waals surface area contributed by atoms with Gasteiger partial charge in [-0.3, -0.25) is 9.59 Å². The Hall–Kier alpha value is -1.06. The number of nitrogens with zero attached hydrogens (tertiary/aromatic N) is 1. The monoisotopic (exact) mass is 239 g/mol. The van der Waals surface area contributed by atoms with Crippen molar-refractivity contribution < 1.29 is 14.7 Å². The first-order chi connectivity index (χ1) is 8.14. The molecule has 0 aromatic carbocycles. The number of aliphatic carboxylic acids is 1. The van der Waals surface area contributed by atoms with Crippen molar-refractivity contribution >= 4 is 11.9 Å². The van der Waals surface area contributed by atoms with Crippen LogP contribution in [0.15, 0.2) is 0 Å². The maximum atomic E-state index is 11.6. The van der Waals surface area contributed by atoms with Crippen molar-refractivity contribution in [3.05, 3.63) is 0 Å². The first kappa shape index (κ1) is 12.4. The van der Waals surface area contributed by atoms with E-state index >= 15 is 0 Å². The van der Waals surface area contributed by atoms with E-state index in [0.717, 1.165) is 51.5 Å². The van der Waals surface area contributed by atoms with Gasteiger partial charge in [-0.1, -0.05) is 25.7 Å². The Bertz CT molecular complexity index is 306. The van der Waals surface area contributed by atoms with Gasteiger partial charge < -0.3 is 10.0 Å². The van der Waals surface area contributed by atoms with Crippen LogP contribution in [0.5, 0.6) is 0 Å². The number of hydrogen-bond donors (Lipinski definition) is 1. The van der Waals surface area contributed by atoms with Gasteiger partial charge >= 0.3 is 5.97 Å². The summed E-state index contributed by atoms with van der Waals surface area (Å²) in [6.45, 7) is 1.18. The summed E-state index contributed by atoms with van der Waals surface area (Å²) in [6, 6.07) is 0. The van der Waals surface area contributed by atoms with Gasteiger partial charge in [-0.25, -0.2) is 0 Å². The van der Waals surface area contributed by atoms with Crippen LogP contribution in [0.2, 0.25) is 0 Å². The highest BCUT2D eigenvalue weighted by Crippen LogP contribution is 2.37. The Morgan fingerprint density at radius 3 is 2.29 bits per heavy atom. The molecule has 0 unspecified atom stereocenters. The van der Waals surface area contributed by atoms with Crippen LogP contribution in [0.3, 0.4) is 0 Å². The Balaban J connectivity index is 2.09. The van der Waals surface area contributed by atoms with E-state index in [1.807, 2.05) is 0 Å². The predicted molar refractivity (Wildman–Crippen MR) is 63.6 cm³/mol. The Kier molecular flexibility index (Phi) is 3.69. The van der Waals surface area contributed by atoms with Crippen molar-refractivity contribution in [3.8, 4) is 0 Å². The van der Waals surface area contributed by atoms with Crippen LogP contribution in [0.1, 0.15) is 51.4 Å². The highest BCUT2D eigenvalue weighted by atomic mass is 16.4. The van der Waals surface area contributed by atoms with Gasteiger partial charge in [-0.2, -0.15) is 0 Å². The van der Waals surface area contributed by atoms with Crippen LogP contribution in [-0.4, -0.2) is 35.0 Å². The van der Waals surface area contributed by atoms with Crippen molar-refractivity contribution in [2.45, 2.75) is 51.4 Å². The Morgan fingerprint density at radius 2 is 1.82 bits per heavy atom. The van der Waals surface area contributed by atoms with Crippen LogP contribution in [0.4, 0.5) is 0 Å². The fourth-order valence-corrected chi connectivity index (χ4v) is 3.08. The minimum Gasteiger partial charge on any atom is -0.481 e. The largest absolute Gasteiger partial charge is 0.481 e. The number of rotatable bonds is 3. The molecule has 0 spiro atoms. The fourth-order valence-electron chi connectivity index (χ4n) is 3.08. The second kappa shape index (κ2) is 5.07. The number of amides is 1. The summed E-state index contributed by atoms with van der Waals surface area (Å²) < 4.78 is 0. The molecule has 4 nitrogen and oxygen atoms in total. The zero-order valence-corrected chi connectivity index (χ0v) is 10.3. The van der Waals surface area contributed by atoms with Gasteiger partial charge in [0.15, 0.2) is 0 Å². The average molecular weight is 239 g/mol. The summed E-state index contributed by atoms with van der Waals surface area (Å²) in [5.74, 6) is -0.575. The molecule has 2 rings (SSSR count). The van der Waals surface area contributed by atoms with Crippen molar-refractivity contribution in [2.24, 2.45) is 5.41 Å². The molecule has 1 saturated carbocycles. The normalized spacial score (nSPS) is 24.7. The summed E-state index contributed by atoms with van der Waals surface area (Å²) in [5, 5.41) is 9.52. The van der Waals surface area contributed by atoms with E-state index in [1.165, 1.54) is 0 Å². The molecule has 1 aliphatic carbocycles. The Labute approximate surface area is 102 Å². The van der Waals surface area contributed by atoms with Crippen molar-refractivity contribution in [3.63, 3.8) is 0 Å². The van der Waals surface area contributed by atoms with E-state index in [1.54, 1.807) is 4.90 Å². The van der Waals surface area contributed by atoms with Gasteiger partial charge in [-0.15, -0.1) is 0 Å². The molecule has 96 valence electrons. The summed E-state index contributed by atoms with van der Waals surface area (Å²) in [7, 11) is 0. The number of carbonyl (C=O) groups excluding carboxylic acids is 1. The lowest BCUT2D eigenvalue weighted by molar-refractivity contribution is -0.152. The maximum absolute atomic E-state index is 11.6. The minimum absolute atomic E-state index is 0.134. The number of carboxylic acids is 1. The zero-order valence-electron chi connectivity index (χ0n) is 10.3. The molecule has 0 aromatic rings. The third-order valence-corrected chi connectivity index (χ3v) is 4.18. The van der Waals surface area contributed by atoms with Crippen LogP contribution in [0, 0.1) is 5.41 Å². The molecule has 1 N–H and O–H groups in total. The molecular weight excluding hydrogens is 218 g/mol. The quantitative estimate of drug-likeness (QED) is 0.767. The molecule has 0 radical (unpaired) electrons. The smallest absolute Gasteiger partial charge is 0.311 e. The van der Waals surface area contributed by atoms with E-state index in [2.05, 4.69) is 0 Å². The van der Waals surface area contributed by atoms with Crippen LogP contribution < -0.4 is 0 Å². The molecule has 2 fully saturated rings. The molecule has 0 bridgehead atoms. The molecule has 1 aliphatic heterocycles. The van der Waals surface area contributed by atoms with Gasteiger partial charge in [0, 0.05) is 19.5 Å². The van der Waals surface area contributed by atoms with Crippen molar-refractivity contribution in [2.75, 3.05) is 13.1 Å². The maximum Gasteiger partial charge on any atom is 0.311 e. The highest BCUT2D eigenvalue weighted by molar-refractivity contribution is 5.80. The second-order valence-electron chi connectivity index (χ2n) is 5.42. The molecule has 17 heavy (non-hydrogen) atoms. The van der Waals surface area contributed by atoms with E-state index < -0.39 is 11.4 Å². The highest BCUT2D eigenvalue weighted by Gasteiger charge is 2.41. The molecule has 2 aliphatic rings. The summed E-state index contributed by atoms with van der Waals surface area (Å²) in [4.78, 5) is 25.0. The first-order valence-corrected chi connectivity index (χ1v) is 6.65. The van der Waals surface area contributed by atoms with E-state index in [9.17, 15) is 14.7 Å². The standard InChI is InChI=1S/C13H21NO3/c15-11-6-5-9-14(11)10-13(12(16)17)7-3-1-2-4-8-13/h1-10H2,(H,16,17). The van der Waals surface area contributed by atoms with E-state index in [-0.39, 0.29) is 5.91 Å².